The van der Waals surface area contributed by atoms with Crippen LogP contribution in [0.4, 0.5) is 0 Å². The molecule has 0 aromatic rings. The molecule has 0 radical (unpaired) electrons. The Morgan fingerprint density at radius 2 is 1.88 bits per heavy atom. The predicted molar refractivity (Wildman–Crippen MR) is 67.6 cm³/mol. The van der Waals surface area contributed by atoms with Crippen molar-refractivity contribution in [3.63, 3.8) is 0 Å². The van der Waals surface area contributed by atoms with Crippen LogP contribution in [0.25, 0.3) is 0 Å². The van der Waals surface area contributed by atoms with E-state index in [0.717, 1.165) is 6.42 Å². The van der Waals surface area contributed by atoms with E-state index < -0.39 is 7.82 Å². The standard InChI is InChI=1S/C12H21O4P/c1-5-14-17(13,15-6-2)16-11-8-7-9-12(3,4)10-11/h7-8,10H,5-6,9H2,1-4H3. The normalized spacial score (nSPS) is 18.9. The van der Waals surface area contributed by atoms with E-state index in [9.17, 15) is 4.57 Å². The number of phosphoric ester groups is 1. The fourth-order valence-electron chi connectivity index (χ4n) is 1.56. The highest BCUT2D eigenvalue weighted by Crippen LogP contribution is 2.52. The van der Waals surface area contributed by atoms with Crippen molar-refractivity contribution >= 4 is 7.82 Å². The zero-order valence-corrected chi connectivity index (χ0v) is 11.8. The lowest BCUT2D eigenvalue weighted by Crippen LogP contribution is -2.11. The van der Waals surface area contributed by atoms with Gasteiger partial charge in [-0.05, 0) is 37.8 Å². The van der Waals surface area contributed by atoms with Crippen molar-refractivity contribution in [3.8, 4) is 0 Å². The second-order valence-corrected chi connectivity index (χ2v) is 6.11. The average molecular weight is 260 g/mol. The van der Waals surface area contributed by atoms with E-state index in [1.807, 2.05) is 12.2 Å². The van der Waals surface area contributed by atoms with Gasteiger partial charge in [0.05, 0.1) is 13.2 Å². The zero-order chi connectivity index (χ0) is 12.9. The molecule has 1 aliphatic carbocycles. The van der Waals surface area contributed by atoms with Gasteiger partial charge in [-0.25, -0.2) is 4.57 Å². The van der Waals surface area contributed by atoms with Gasteiger partial charge in [0.25, 0.3) is 0 Å². The zero-order valence-electron chi connectivity index (χ0n) is 10.9. The molecule has 0 bridgehead atoms. The van der Waals surface area contributed by atoms with Gasteiger partial charge in [-0.1, -0.05) is 19.9 Å². The molecule has 1 aliphatic rings. The molecule has 0 saturated carbocycles. The lowest BCUT2D eigenvalue weighted by Gasteiger charge is -2.25. The van der Waals surface area contributed by atoms with Crippen LogP contribution >= 0.6 is 7.82 Å². The molecule has 0 unspecified atom stereocenters. The van der Waals surface area contributed by atoms with Crippen LogP contribution in [-0.2, 0) is 18.1 Å². The van der Waals surface area contributed by atoms with Gasteiger partial charge in [-0.2, -0.15) is 0 Å². The van der Waals surface area contributed by atoms with Gasteiger partial charge in [0, 0.05) is 0 Å². The SMILES string of the molecule is CCOP(=O)(OCC)OC1=CC(C)(C)CC=C1. The Balaban J connectivity index is 2.77. The van der Waals surface area contributed by atoms with E-state index in [1.165, 1.54) is 0 Å². The van der Waals surface area contributed by atoms with Gasteiger partial charge in [0.15, 0.2) is 0 Å². The maximum absolute atomic E-state index is 12.2. The largest absolute Gasteiger partial charge is 0.530 e. The van der Waals surface area contributed by atoms with Crippen LogP contribution in [0.15, 0.2) is 24.0 Å². The van der Waals surface area contributed by atoms with Crippen molar-refractivity contribution in [2.45, 2.75) is 34.1 Å². The third-order valence-corrected chi connectivity index (χ3v) is 3.83. The second-order valence-electron chi connectivity index (χ2n) is 4.52. The molecule has 0 spiro atoms. The summed E-state index contributed by atoms with van der Waals surface area (Å²) >= 11 is 0. The molecule has 5 heteroatoms. The fraction of sp³-hybridized carbons (Fsp3) is 0.667. The van der Waals surface area contributed by atoms with Crippen molar-refractivity contribution in [1.29, 1.82) is 0 Å². The monoisotopic (exact) mass is 260 g/mol. The first kappa shape index (κ1) is 14.5. The highest BCUT2D eigenvalue weighted by Gasteiger charge is 2.29. The molecule has 0 heterocycles. The fourth-order valence-corrected chi connectivity index (χ4v) is 2.75. The van der Waals surface area contributed by atoms with Crippen LogP contribution in [0.1, 0.15) is 34.1 Å². The molecule has 1 rings (SSSR count). The highest BCUT2D eigenvalue weighted by atomic mass is 31.2. The van der Waals surface area contributed by atoms with E-state index in [-0.39, 0.29) is 18.6 Å². The Morgan fingerprint density at radius 1 is 1.29 bits per heavy atom. The summed E-state index contributed by atoms with van der Waals surface area (Å²) in [6, 6.07) is 0. The van der Waals surface area contributed by atoms with Crippen LogP contribution in [0.2, 0.25) is 0 Å². The van der Waals surface area contributed by atoms with Crippen LogP contribution in [0, 0.1) is 5.41 Å². The number of hydrogen-bond acceptors (Lipinski definition) is 4. The van der Waals surface area contributed by atoms with Gasteiger partial charge < -0.3 is 4.52 Å². The maximum Gasteiger partial charge on any atom is 0.530 e. The third kappa shape index (κ3) is 4.66. The lowest BCUT2D eigenvalue weighted by atomic mass is 9.86. The molecule has 4 nitrogen and oxygen atoms in total. The lowest BCUT2D eigenvalue weighted by molar-refractivity contribution is 0.147. The molecular weight excluding hydrogens is 239 g/mol. The summed E-state index contributed by atoms with van der Waals surface area (Å²) in [7, 11) is -3.46. The molecule has 0 aromatic heterocycles. The molecular formula is C12H21O4P. The summed E-state index contributed by atoms with van der Waals surface area (Å²) in [6.45, 7) is 8.27. The molecule has 0 N–H and O–H groups in total. The van der Waals surface area contributed by atoms with E-state index in [2.05, 4.69) is 13.8 Å². The first-order valence-electron chi connectivity index (χ1n) is 5.89. The molecule has 0 fully saturated rings. The van der Waals surface area contributed by atoms with E-state index in [4.69, 9.17) is 13.6 Å². The van der Waals surface area contributed by atoms with Crippen LogP contribution in [0.5, 0.6) is 0 Å². The smallest absolute Gasteiger partial charge is 0.404 e. The molecule has 0 saturated heterocycles. The average Bonchev–Trinajstić information content (AvgIpc) is 2.15. The van der Waals surface area contributed by atoms with Gasteiger partial charge >= 0.3 is 7.82 Å². The van der Waals surface area contributed by atoms with Crippen LogP contribution in [0.3, 0.4) is 0 Å². The van der Waals surface area contributed by atoms with Crippen molar-refractivity contribution < 1.29 is 18.1 Å². The van der Waals surface area contributed by atoms with Crippen molar-refractivity contribution in [2.75, 3.05) is 13.2 Å². The Kier molecular flexibility index (Phi) is 4.99. The maximum atomic E-state index is 12.2. The van der Waals surface area contributed by atoms with E-state index in [0.29, 0.717) is 5.76 Å². The van der Waals surface area contributed by atoms with Gasteiger partial charge in [-0.3, -0.25) is 9.05 Å². The predicted octanol–water partition coefficient (Wildman–Crippen LogP) is 4.05. The van der Waals surface area contributed by atoms with Crippen molar-refractivity contribution in [3.05, 3.63) is 24.0 Å². The summed E-state index contributed by atoms with van der Waals surface area (Å²) < 4.78 is 27.7. The first-order chi connectivity index (χ1) is 7.91. The third-order valence-electron chi connectivity index (χ3n) is 2.25. The summed E-state index contributed by atoms with van der Waals surface area (Å²) in [5.74, 6) is 0.548. The number of allylic oxidation sites excluding steroid dienone is 3. The molecule has 0 atom stereocenters. The first-order valence-corrected chi connectivity index (χ1v) is 7.35. The number of rotatable bonds is 6. The molecule has 0 aliphatic heterocycles. The minimum absolute atomic E-state index is 0.00728. The minimum Gasteiger partial charge on any atom is -0.404 e. The van der Waals surface area contributed by atoms with Gasteiger partial charge in [0.1, 0.15) is 5.76 Å². The van der Waals surface area contributed by atoms with Gasteiger partial charge in [-0.15, -0.1) is 0 Å². The number of phosphoric acid groups is 1. The van der Waals surface area contributed by atoms with E-state index >= 15 is 0 Å². The molecule has 98 valence electrons. The summed E-state index contributed by atoms with van der Waals surface area (Å²) in [6.07, 6.45) is 6.68. The number of hydrogen-bond donors (Lipinski definition) is 0. The summed E-state index contributed by atoms with van der Waals surface area (Å²) in [5, 5.41) is 0. The Bertz CT molecular complexity index is 348. The second kappa shape index (κ2) is 5.85. The van der Waals surface area contributed by atoms with Crippen molar-refractivity contribution in [1.82, 2.24) is 0 Å². The van der Waals surface area contributed by atoms with Gasteiger partial charge in [0.2, 0.25) is 0 Å². The minimum atomic E-state index is -3.46. The Morgan fingerprint density at radius 3 is 2.35 bits per heavy atom. The molecule has 0 aromatic carbocycles. The quantitative estimate of drug-likeness (QED) is 0.676. The molecule has 17 heavy (non-hydrogen) atoms. The van der Waals surface area contributed by atoms with Crippen LogP contribution < -0.4 is 0 Å². The Labute approximate surface area is 103 Å². The molecule has 0 amide bonds. The summed E-state index contributed by atoms with van der Waals surface area (Å²) in [4.78, 5) is 0. The topological polar surface area (TPSA) is 44.8 Å². The summed E-state index contributed by atoms with van der Waals surface area (Å²) in [5.41, 5.74) is 0.00728. The van der Waals surface area contributed by atoms with E-state index in [1.54, 1.807) is 19.9 Å². The Hall–Kier alpha value is -0.570. The highest BCUT2D eigenvalue weighted by molar-refractivity contribution is 7.48. The van der Waals surface area contributed by atoms with Crippen LogP contribution in [-0.4, -0.2) is 13.2 Å². The van der Waals surface area contributed by atoms with Crippen molar-refractivity contribution in [2.24, 2.45) is 5.41 Å².